The summed E-state index contributed by atoms with van der Waals surface area (Å²) in [6.07, 6.45) is 1.62. The van der Waals surface area contributed by atoms with Crippen molar-refractivity contribution in [2.45, 2.75) is 6.54 Å². The summed E-state index contributed by atoms with van der Waals surface area (Å²) in [7, 11) is 1.63. The lowest BCUT2D eigenvalue weighted by Gasteiger charge is -2.09. The Bertz CT molecular complexity index is 622. The van der Waals surface area contributed by atoms with Crippen LogP contribution in [-0.2, 0) is 6.54 Å². The van der Waals surface area contributed by atoms with Crippen LogP contribution < -0.4 is 10.1 Å². The van der Waals surface area contributed by atoms with E-state index in [0.29, 0.717) is 12.2 Å². The second-order valence-electron chi connectivity index (χ2n) is 3.83. The lowest BCUT2D eigenvalue weighted by Crippen LogP contribution is -2.02. The number of hydrogen-bond donors (Lipinski definition) is 1. The van der Waals surface area contributed by atoms with E-state index in [1.165, 1.54) is 0 Å². The second kappa shape index (κ2) is 6.21. The quantitative estimate of drug-likeness (QED) is 0.939. The molecule has 19 heavy (non-hydrogen) atoms. The molecule has 0 radical (unpaired) electrons. The third-order valence-corrected chi connectivity index (χ3v) is 3.25. The number of hydrogen-bond acceptors (Lipinski definition) is 4. The summed E-state index contributed by atoms with van der Waals surface area (Å²) in [6.45, 7) is 0.551. The Morgan fingerprint density at radius 1 is 1.42 bits per heavy atom. The first-order valence-corrected chi connectivity index (χ1v) is 6.45. The standard InChI is InChI=1S/C14H12BrN3O/c1-19-14-5-4-11(7-12(14)15)18-9-10-3-2-6-17-13(10)8-16/h2-7,18H,9H2,1H3. The summed E-state index contributed by atoms with van der Waals surface area (Å²) >= 11 is 3.43. The predicted octanol–water partition coefficient (Wildman–Crippen LogP) is 3.34. The van der Waals surface area contributed by atoms with Gasteiger partial charge in [-0.3, -0.25) is 0 Å². The molecule has 0 saturated carbocycles. The van der Waals surface area contributed by atoms with Gasteiger partial charge in [0.25, 0.3) is 0 Å². The van der Waals surface area contributed by atoms with Gasteiger partial charge in [0.05, 0.1) is 11.6 Å². The van der Waals surface area contributed by atoms with E-state index >= 15 is 0 Å². The van der Waals surface area contributed by atoms with Crippen LogP contribution in [0.5, 0.6) is 5.75 Å². The number of methoxy groups -OCH3 is 1. The second-order valence-corrected chi connectivity index (χ2v) is 4.68. The smallest absolute Gasteiger partial charge is 0.145 e. The van der Waals surface area contributed by atoms with Gasteiger partial charge in [-0.1, -0.05) is 6.07 Å². The number of anilines is 1. The average molecular weight is 318 g/mol. The molecule has 0 unspecified atom stereocenters. The third kappa shape index (κ3) is 3.24. The van der Waals surface area contributed by atoms with Gasteiger partial charge in [-0.2, -0.15) is 5.26 Å². The van der Waals surface area contributed by atoms with Crippen LogP contribution in [0, 0.1) is 11.3 Å². The molecule has 0 atom stereocenters. The Morgan fingerprint density at radius 2 is 2.26 bits per heavy atom. The van der Waals surface area contributed by atoms with Crippen molar-refractivity contribution in [3.63, 3.8) is 0 Å². The van der Waals surface area contributed by atoms with Gasteiger partial charge in [-0.05, 0) is 40.2 Å². The van der Waals surface area contributed by atoms with Gasteiger partial charge in [-0.25, -0.2) is 4.98 Å². The van der Waals surface area contributed by atoms with E-state index in [9.17, 15) is 0 Å². The molecule has 1 N–H and O–H groups in total. The minimum atomic E-state index is 0.447. The molecule has 0 aliphatic heterocycles. The minimum Gasteiger partial charge on any atom is -0.496 e. The molecule has 4 nitrogen and oxygen atoms in total. The Kier molecular flexibility index (Phi) is 4.37. The first kappa shape index (κ1) is 13.4. The number of nitrogens with one attached hydrogen (secondary N) is 1. The van der Waals surface area contributed by atoms with E-state index in [4.69, 9.17) is 10.00 Å². The van der Waals surface area contributed by atoms with E-state index < -0.39 is 0 Å². The van der Waals surface area contributed by atoms with Crippen LogP contribution in [-0.4, -0.2) is 12.1 Å². The van der Waals surface area contributed by atoms with E-state index in [2.05, 4.69) is 32.3 Å². The first-order valence-electron chi connectivity index (χ1n) is 5.66. The van der Waals surface area contributed by atoms with E-state index in [0.717, 1.165) is 21.5 Å². The van der Waals surface area contributed by atoms with Gasteiger partial charge < -0.3 is 10.1 Å². The number of ether oxygens (including phenoxy) is 1. The molecule has 0 bridgehead atoms. The maximum atomic E-state index is 8.96. The molecule has 0 aliphatic carbocycles. The zero-order valence-corrected chi connectivity index (χ0v) is 11.9. The molecule has 0 fully saturated rings. The fraction of sp³-hybridized carbons (Fsp3) is 0.143. The lowest BCUT2D eigenvalue weighted by molar-refractivity contribution is 0.412. The van der Waals surface area contributed by atoms with Gasteiger partial charge in [0.2, 0.25) is 0 Å². The molecule has 2 rings (SSSR count). The Balaban J connectivity index is 2.11. The van der Waals surface area contributed by atoms with Gasteiger partial charge in [0.1, 0.15) is 17.5 Å². The lowest BCUT2D eigenvalue weighted by atomic mass is 10.2. The van der Waals surface area contributed by atoms with Crippen LogP contribution in [0.25, 0.3) is 0 Å². The molecule has 1 heterocycles. The van der Waals surface area contributed by atoms with Crippen molar-refractivity contribution in [1.82, 2.24) is 4.98 Å². The number of pyridine rings is 1. The van der Waals surface area contributed by atoms with Crippen molar-refractivity contribution in [2.75, 3.05) is 12.4 Å². The predicted molar refractivity (Wildman–Crippen MR) is 77.0 cm³/mol. The monoisotopic (exact) mass is 317 g/mol. The van der Waals surface area contributed by atoms with Crippen LogP contribution >= 0.6 is 15.9 Å². The van der Waals surface area contributed by atoms with Crippen LogP contribution in [0.3, 0.4) is 0 Å². The number of rotatable bonds is 4. The molecule has 5 heteroatoms. The summed E-state index contributed by atoms with van der Waals surface area (Å²) in [5.74, 6) is 0.782. The number of halogens is 1. The van der Waals surface area contributed by atoms with Crippen molar-refractivity contribution < 1.29 is 4.74 Å². The van der Waals surface area contributed by atoms with Crippen LogP contribution in [0.4, 0.5) is 5.69 Å². The van der Waals surface area contributed by atoms with Crippen molar-refractivity contribution in [3.05, 3.63) is 52.3 Å². The molecule has 0 aliphatic rings. The molecule has 0 spiro atoms. The largest absolute Gasteiger partial charge is 0.496 e. The molecule has 2 aromatic rings. The fourth-order valence-corrected chi connectivity index (χ4v) is 2.20. The normalized spacial score (nSPS) is 9.74. The summed E-state index contributed by atoms with van der Waals surface area (Å²) in [4.78, 5) is 4.02. The maximum Gasteiger partial charge on any atom is 0.145 e. The SMILES string of the molecule is COc1ccc(NCc2cccnc2C#N)cc1Br. The average Bonchev–Trinajstić information content (AvgIpc) is 2.45. The minimum absolute atomic E-state index is 0.447. The number of benzene rings is 1. The third-order valence-electron chi connectivity index (χ3n) is 2.63. The Hall–Kier alpha value is -2.06. The van der Waals surface area contributed by atoms with E-state index in [-0.39, 0.29) is 0 Å². The van der Waals surface area contributed by atoms with Crippen LogP contribution in [0.15, 0.2) is 41.0 Å². The van der Waals surface area contributed by atoms with Crippen molar-refractivity contribution in [1.29, 1.82) is 5.26 Å². The highest BCUT2D eigenvalue weighted by atomic mass is 79.9. The molecule has 0 amide bonds. The molecule has 96 valence electrons. The highest BCUT2D eigenvalue weighted by Gasteiger charge is 2.04. The van der Waals surface area contributed by atoms with Gasteiger partial charge >= 0.3 is 0 Å². The van der Waals surface area contributed by atoms with Gasteiger partial charge in [-0.15, -0.1) is 0 Å². The van der Waals surface area contributed by atoms with Crippen molar-refractivity contribution >= 4 is 21.6 Å². The van der Waals surface area contributed by atoms with Crippen LogP contribution in [0.1, 0.15) is 11.3 Å². The van der Waals surface area contributed by atoms with Crippen molar-refractivity contribution in [2.24, 2.45) is 0 Å². The Labute approximate surface area is 120 Å². The van der Waals surface area contributed by atoms with E-state index in [1.54, 1.807) is 13.3 Å². The number of nitrogens with zero attached hydrogens (tertiary/aromatic N) is 2. The fourth-order valence-electron chi connectivity index (χ4n) is 1.66. The topological polar surface area (TPSA) is 57.9 Å². The van der Waals surface area contributed by atoms with Crippen molar-refractivity contribution in [3.8, 4) is 11.8 Å². The molecule has 0 saturated heterocycles. The zero-order chi connectivity index (χ0) is 13.7. The number of aromatic nitrogens is 1. The van der Waals surface area contributed by atoms with E-state index in [1.807, 2.05) is 30.3 Å². The molecule has 1 aromatic heterocycles. The first-order chi connectivity index (χ1) is 9.24. The highest BCUT2D eigenvalue weighted by molar-refractivity contribution is 9.10. The van der Waals surface area contributed by atoms with Gasteiger partial charge in [0, 0.05) is 24.0 Å². The molecule has 1 aromatic carbocycles. The molecular weight excluding hydrogens is 306 g/mol. The van der Waals surface area contributed by atoms with Crippen LogP contribution in [0.2, 0.25) is 0 Å². The number of nitriles is 1. The molecular formula is C14H12BrN3O. The van der Waals surface area contributed by atoms with Gasteiger partial charge in [0.15, 0.2) is 0 Å². The maximum absolute atomic E-state index is 8.96. The highest BCUT2D eigenvalue weighted by Crippen LogP contribution is 2.27. The summed E-state index contributed by atoms with van der Waals surface area (Å²) in [6, 6.07) is 11.5. The summed E-state index contributed by atoms with van der Waals surface area (Å²) < 4.78 is 6.05. The zero-order valence-electron chi connectivity index (χ0n) is 10.4. The Morgan fingerprint density at radius 3 is 2.95 bits per heavy atom. The summed E-state index contributed by atoms with van der Waals surface area (Å²) in [5, 5.41) is 12.2. The summed E-state index contributed by atoms with van der Waals surface area (Å²) in [5.41, 5.74) is 2.26.